The fourth-order valence-electron chi connectivity index (χ4n) is 2.08. The highest BCUT2D eigenvalue weighted by atomic mass is 32.1. The lowest BCUT2D eigenvalue weighted by molar-refractivity contribution is 0.0687. The molecule has 5 heteroatoms. The van der Waals surface area contributed by atoms with Gasteiger partial charge in [-0.15, -0.1) is 11.3 Å². The van der Waals surface area contributed by atoms with Crippen molar-refractivity contribution in [1.29, 1.82) is 0 Å². The van der Waals surface area contributed by atoms with Crippen LogP contribution in [0, 0.1) is 5.92 Å². The van der Waals surface area contributed by atoms with Gasteiger partial charge in [-0.05, 0) is 17.9 Å². The molecule has 0 fully saturated rings. The summed E-state index contributed by atoms with van der Waals surface area (Å²) in [6, 6.07) is 7.88. The molecular weight excluding hydrogens is 286 g/mol. The minimum Gasteiger partial charge on any atom is -0.476 e. The summed E-state index contributed by atoms with van der Waals surface area (Å²) in [5.74, 6) is -0.856. The van der Waals surface area contributed by atoms with Crippen LogP contribution in [0.5, 0.6) is 0 Å². The molecule has 0 unspecified atom stereocenters. The van der Waals surface area contributed by atoms with Crippen molar-refractivity contribution in [1.82, 2.24) is 4.98 Å². The molecule has 0 aliphatic rings. The molecule has 0 amide bonds. The van der Waals surface area contributed by atoms with Gasteiger partial charge in [-0.2, -0.15) is 0 Å². The Balaban J connectivity index is 2.36. The van der Waals surface area contributed by atoms with E-state index in [9.17, 15) is 9.59 Å². The van der Waals surface area contributed by atoms with E-state index in [-0.39, 0.29) is 16.4 Å². The lowest BCUT2D eigenvalue weighted by atomic mass is 10.0. The number of aromatic carboxylic acids is 1. The first-order chi connectivity index (χ1) is 9.88. The van der Waals surface area contributed by atoms with Gasteiger partial charge in [-0.25, -0.2) is 9.78 Å². The van der Waals surface area contributed by atoms with E-state index in [1.165, 1.54) is 12.5 Å². The van der Waals surface area contributed by atoms with Gasteiger partial charge in [-0.3, -0.25) is 4.79 Å². The number of rotatable bonds is 5. The van der Waals surface area contributed by atoms with Crippen molar-refractivity contribution in [3.8, 4) is 10.6 Å². The third-order valence-electron chi connectivity index (χ3n) is 2.99. The van der Waals surface area contributed by atoms with Crippen LogP contribution in [0.2, 0.25) is 0 Å². The van der Waals surface area contributed by atoms with E-state index < -0.39 is 5.97 Å². The Labute approximate surface area is 127 Å². The third-order valence-corrected chi connectivity index (χ3v) is 4.20. The number of nitrogens with zero attached hydrogens (tertiary/aromatic N) is 1. The van der Waals surface area contributed by atoms with E-state index in [0.29, 0.717) is 10.9 Å². The molecule has 0 bridgehead atoms. The van der Waals surface area contributed by atoms with Crippen LogP contribution in [-0.4, -0.2) is 21.8 Å². The molecule has 2 aromatic rings. The Bertz CT molecular complexity index is 640. The molecule has 0 radical (unpaired) electrons. The highest BCUT2D eigenvalue weighted by Gasteiger charge is 2.21. The molecule has 0 saturated carbocycles. The maximum absolute atomic E-state index is 11.5. The van der Waals surface area contributed by atoms with E-state index in [2.05, 4.69) is 18.8 Å². The molecule has 1 N–H and O–H groups in total. The molecular formula is C16H17NO3S. The van der Waals surface area contributed by atoms with Gasteiger partial charge in [0.25, 0.3) is 0 Å². The molecule has 0 atom stereocenters. The van der Waals surface area contributed by atoms with Crippen molar-refractivity contribution in [2.45, 2.75) is 27.2 Å². The van der Waals surface area contributed by atoms with Gasteiger partial charge in [0.1, 0.15) is 9.88 Å². The van der Waals surface area contributed by atoms with E-state index in [1.54, 1.807) is 0 Å². The first-order valence-corrected chi connectivity index (χ1v) is 7.54. The smallest absolute Gasteiger partial charge is 0.356 e. The van der Waals surface area contributed by atoms with E-state index >= 15 is 0 Å². The SMILES string of the molecule is CC(=O)c1sc(-c2ccc(CC(C)C)cc2)nc1C(=O)O. The molecule has 4 nitrogen and oxygen atoms in total. The molecule has 0 aliphatic carbocycles. The van der Waals surface area contributed by atoms with Crippen LogP contribution in [0.3, 0.4) is 0 Å². The molecule has 0 saturated heterocycles. The largest absolute Gasteiger partial charge is 0.476 e. The summed E-state index contributed by atoms with van der Waals surface area (Å²) in [5, 5.41) is 9.67. The maximum Gasteiger partial charge on any atom is 0.356 e. The molecule has 110 valence electrons. The minimum absolute atomic E-state index is 0.159. The number of thiazole rings is 1. The Hall–Kier alpha value is -2.01. The topological polar surface area (TPSA) is 67.3 Å². The molecule has 2 rings (SSSR count). The summed E-state index contributed by atoms with van der Waals surface area (Å²) in [6.07, 6.45) is 0.997. The number of Topliss-reactive ketones (excluding diaryl/α,β-unsaturated/α-hetero) is 1. The van der Waals surface area contributed by atoms with Crippen LogP contribution in [0.4, 0.5) is 0 Å². The predicted molar refractivity (Wildman–Crippen MR) is 83.1 cm³/mol. The zero-order chi connectivity index (χ0) is 15.6. The minimum atomic E-state index is -1.17. The van der Waals surface area contributed by atoms with Crippen LogP contribution in [0.25, 0.3) is 10.6 Å². The van der Waals surface area contributed by atoms with Gasteiger partial charge >= 0.3 is 5.97 Å². The monoisotopic (exact) mass is 303 g/mol. The van der Waals surface area contributed by atoms with Gasteiger partial charge in [-0.1, -0.05) is 38.1 Å². The average molecular weight is 303 g/mol. The van der Waals surface area contributed by atoms with Crippen LogP contribution < -0.4 is 0 Å². The summed E-state index contributed by atoms with van der Waals surface area (Å²) in [6.45, 7) is 5.68. The Morgan fingerprint density at radius 1 is 1.24 bits per heavy atom. The Morgan fingerprint density at radius 2 is 1.86 bits per heavy atom. The van der Waals surface area contributed by atoms with Gasteiger partial charge in [0.05, 0.1) is 0 Å². The summed E-state index contributed by atoms with van der Waals surface area (Å²) in [4.78, 5) is 26.9. The highest BCUT2D eigenvalue weighted by molar-refractivity contribution is 7.17. The number of carboxylic acid groups (broad SMARTS) is 1. The standard InChI is InChI=1S/C16H17NO3S/c1-9(2)8-11-4-6-12(7-5-11)15-17-13(16(19)20)14(21-15)10(3)18/h4-7,9H,8H2,1-3H3,(H,19,20). The number of aromatic nitrogens is 1. The number of hydrogen-bond acceptors (Lipinski definition) is 4. The zero-order valence-electron chi connectivity index (χ0n) is 12.2. The first kappa shape index (κ1) is 15.4. The van der Waals surface area contributed by atoms with Gasteiger partial charge in [0.15, 0.2) is 11.5 Å². The zero-order valence-corrected chi connectivity index (χ0v) is 13.0. The van der Waals surface area contributed by atoms with Crippen molar-refractivity contribution in [3.63, 3.8) is 0 Å². The number of carbonyl (C=O) groups excluding carboxylic acids is 1. The second-order valence-electron chi connectivity index (χ2n) is 5.35. The second-order valence-corrected chi connectivity index (χ2v) is 6.35. The van der Waals surface area contributed by atoms with Crippen LogP contribution >= 0.6 is 11.3 Å². The van der Waals surface area contributed by atoms with Crippen molar-refractivity contribution < 1.29 is 14.7 Å². The van der Waals surface area contributed by atoms with E-state index in [0.717, 1.165) is 23.3 Å². The van der Waals surface area contributed by atoms with Crippen molar-refractivity contribution in [2.24, 2.45) is 5.92 Å². The maximum atomic E-state index is 11.5. The quantitative estimate of drug-likeness (QED) is 0.850. The number of carboxylic acids is 1. The molecule has 21 heavy (non-hydrogen) atoms. The average Bonchev–Trinajstić information content (AvgIpc) is 2.84. The lowest BCUT2D eigenvalue weighted by Gasteiger charge is -2.05. The second kappa shape index (κ2) is 6.18. The van der Waals surface area contributed by atoms with Gasteiger partial charge < -0.3 is 5.11 Å². The number of hydrogen-bond donors (Lipinski definition) is 1. The Kier molecular flexibility index (Phi) is 4.53. The Morgan fingerprint density at radius 3 is 2.29 bits per heavy atom. The van der Waals surface area contributed by atoms with Crippen molar-refractivity contribution in [2.75, 3.05) is 0 Å². The third kappa shape index (κ3) is 3.55. The highest BCUT2D eigenvalue weighted by Crippen LogP contribution is 2.29. The summed E-state index contributed by atoms with van der Waals surface area (Å²) >= 11 is 1.13. The molecule has 1 heterocycles. The van der Waals surface area contributed by atoms with Crippen molar-refractivity contribution in [3.05, 3.63) is 40.4 Å². The summed E-state index contributed by atoms with van der Waals surface area (Å²) in [5.41, 5.74) is 1.91. The van der Waals surface area contributed by atoms with Gasteiger partial charge in [0.2, 0.25) is 0 Å². The number of benzene rings is 1. The fourth-order valence-corrected chi connectivity index (χ4v) is 3.04. The number of ketones is 1. The molecule has 1 aromatic heterocycles. The summed E-state index contributed by atoms with van der Waals surface area (Å²) in [7, 11) is 0. The van der Waals surface area contributed by atoms with Crippen molar-refractivity contribution >= 4 is 23.1 Å². The lowest BCUT2D eigenvalue weighted by Crippen LogP contribution is -2.03. The molecule has 1 aromatic carbocycles. The normalized spacial score (nSPS) is 10.9. The number of carbonyl (C=O) groups is 2. The molecule has 0 spiro atoms. The van der Waals surface area contributed by atoms with E-state index in [1.807, 2.05) is 24.3 Å². The predicted octanol–water partition coefficient (Wildman–Crippen LogP) is 3.91. The first-order valence-electron chi connectivity index (χ1n) is 6.73. The van der Waals surface area contributed by atoms with Crippen LogP contribution in [0.15, 0.2) is 24.3 Å². The van der Waals surface area contributed by atoms with Crippen LogP contribution in [-0.2, 0) is 6.42 Å². The van der Waals surface area contributed by atoms with Crippen LogP contribution in [0.1, 0.15) is 46.5 Å². The van der Waals surface area contributed by atoms with E-state index in [4.69, 9.17) is 5.11 Å². The molecule has 0 aliphatic heterocycles. The summed E-state index contributed by atoms with van der Waals surface area (Å²) < 4.78 is 0. The van der Waals surface area contributed by atoms with Gasteiger partial charge in [0, 0.05) is 12.5 Å². The fraction of sp³-hybridized carbons (Fsp3) is 0.312.